The molecule has 9 nitrogen and oxygen atoms in total. The molecule has 0 aliphatic rings. The Balaban J connectivity index is 1.90. The number of ether oxygens (including phenoxy) is 1. The lowest BCUT2D eigenvalue weighted by atomic mass is 10.1. The van der Waals surface area contributed by atoms with Crippen molar-refractivity contribution in [2.45, 2.75) is 59.2 Å². The Bertz CT molecular complexity index is 1140. The van der Waals surface area contributed by atoms with Gasteiger partial charge in [0.25, 0.3) is 5.91 Å². The van der Waals surface area contributed by atoms with E-state index < -0.39 is 17.2 Å². The first-order chi connectivity index (χ1) is 15.9. The fourth-order valence-corrected chi connectivity index (χ4v) is 2.96. The van der Waals surface area contributed by atoms with E-state index in [2.05, 4.69) is 25.7 Å². The van der Waals surface area contributed by atoms with Crippen LogP contribution in [0.1, 0.15) is 57.7 Å². The van der Waals surface area contributed by atoms with Crippen LogP contribution in [0.5, 0.6) is 0 Å². The van der Waals surface area contributed by atoms with Crippen molar-refractivity contribution >= 4 is 17.7 Å². The van der Waals surface area contributed by atoms with Gasteiger partial charge in [-0.25, -0.2) is 4.79 Å². The van der Waals surface area contributed by atoms with Crippen LogP contribution in [-0.2, 0) is 11.3 Å². The Hall–Kier alpha value is -3.88. The minimum Gasteiger partial charge on any atom is -0.443 e. The molecule has 178 valence electrons. The molecule has 2 amide bonds. The van der Waals surface area contributed by atoms with Gasteiger partial charge in [-0.05, 0) is 59.7 Å². The molecule has 34 heavy (non-hydrogen) atoms. The molecule has 0 spiro atoms. The average Bonchev–Trinajstić information content (AvgIpc) is 2.76. The van der Waals surface area contributed by atoms with Crippen molar-refractivity contribution in [3.8, 4) is 11.4 Å². The predicted molar refractivity (Wildman–Crippen MR) is 129 cm³/mol. The van der Waals surface area contributed by atoms with Gasteiger partial charge < -0.3 is 10.1 Å². The first kappa shape index (κ1) is 24.8. The minimum atomic E-state index is -0.717. The summed E-state index contributed by atoms with van der Waals surface area (Å²) < 4.78 is 5.59. The third-order valence-corrected chi connectivity index (χ3v) is 4.37. The van der Waals surface area contributed by atoms with Gasteiger partial charge in [0, 0.05) is 22.4 Å². The number of carbonyl (C=O) groups is 2. The number of nitrogens with zero attached hydrogens (tertiary/aromatic N) is 5. The lowest BCUT2D eigenvalue weighted by Crippen LogP contribution is -2.41. The number of carbonyl (C=O) groups excluding carboxylic acids is 2. The molecular formula is C25H30N6O3. The zero-order valence-corrected chi connectivity index (χ0v) is 20.4. The number of hydrogen-bond donors (Lipinski definition) is 1. The van der Waals surface area contributed by atoms with Crippen LogP contribution >= 0.6 is 0 Å². The van der Waals surface area contributed by atoms with Gasteiger partial charge in [0.15, 0.2) is 5.82 Å². The van der Waals surface area contributed by atoms with Crippen molar-refractivity contribution < 1.29 is 14.3 Å². The normalized spacial score (nSPS) is 11.6. The Kier molecular flexibility index (Phi) is 7.24. The average molecular weight is 463 g/mol. The maximum atomic E-state index is 13.1. The quantitative estimate of drug-likeness (QED) is 0.598. The molecule has 0 atom stereocenters. The SMILES string of the molecule is CC(C)(C)NC(=O)c1cccc(N(Cc2nnc(-c3ccccc3)nn2)C(=O)OC(C)(C)C)c1. The second-order valence-corrected chi connectivity index (χ2v) is 9.83. The van der Waals surface area contributed by atoms with Crippen LogP contribution in [0.15, 0.2) is 54.6 Å². The maximum absolute atomic E-state index is 13.1. The molecule has 9 heteroatoms. The number of aromatic nitrogens is 4. The number of nitrogens with one attached hydrogen (secondary N) is 1. The number of benzene rings is 2. The fourth-order valence-electron chi connectivity index (χ4n) is 2.96. The topological polar surface area (TPSA) is 110 Å². The van der Waals surface area contributed by atoms with E-state index in [1.165, 1.54) is 4.90 Å². The molecule has 2 aromatic carbocycles. The Morgan fingerprint density at radius 1 is 0.882 bits per heavy atom. The van der Waals surface area contributed by atoms with E-state index in [0.717, 1.165) is 5.56 Å². The van der Waals surface area contributed by atoms with E-state index in [-0.39, 0.29) is 18.3 Å². The fraction of sp³-hybridized carbons (Fsp3) is 0.360. The van der Waals surface area contributed by atoms with Crippen LogP contribution < -0.4 is 10.2 Å². The van der Waals surface area contributed by atoms with Gasteiger partial charge in [0.1, 0.15) is 5.60 Å². The molecule has 0 fully saturated rings. The highest BCUT2D eigenvalue weighted by atomic mass is 16.6. The Labute approximate surface area is 199 Å². The molecular weight excluding hydrogens is 432 g/mol. The first-order valence-electron chi connectivity index (χ1n) is 11.0. The van der Waals surface area contributed by atoms with Gasteiger partial charge in [-0.15, -0.1) is 20.4 Å². The van der Waals surface area contributed by atoms with Gasteiger partial charge in [0.2, 0.25) is 5.82 Å². The molecule has 1 N–H and O–H groups in total. The van der Waals surface area contributed by atoms with Crippen molar-refractivity contribution in [1.82, 2.24) is 25.7 Å². The van der Waals surface area contributed by atoms with E-state index in [1.54, 1.807) is 45.0 Å². The van der Waals surface area contributed by atoms with Crippen molar-refractivity contribution in [3.63, 3.8) is 0 Å². The lowest BCUT2D eigenvalue weighted by molar-refractivity contribution is 0.0576. The zero-order chi connectivity index (χ0) is 24.9. The van der Waals surface area contributed by atoms with Crippen molar-refractivity contribution in [1.29, 1.82) is 0 Å². The summed E-state index contributed by atoms with van der Waals surface area (Å²) in [5.41, 5.74) is 0.550. The highest BCUT2D eigenvalue weighted by Gasteiger charge is 2.26. The summed E-state index contributed by atoms with van der Waals surface area (Å²) in [5.74, 6) is 0.370. The molecule has 0 bridgehead atoms. The smallest absolute Gasteiger partial charge is 0.415 e. The molecule has 0 aliphatic carbocycles. The predicted octanol–water partition coefficient (Wildman–Crippen LogP) is 4.40. The third-order valence-electron chi connectivity index (χ3n) is 4.37. The van der Waals surface area contributed by atoms with Crippen LogP contribution in [-0.4, -0.2) is 43.5 Å². The summed E-state index contributed by atoms with van der Waals surface area (Å²) in [6, 6.07) is 16.1. The number of rotatable bonds is 5. The summed E-state index contributed by atoms with van der Waals surface area (Å²) in [4.78, 5) is 27.1. The van der Waals surface area contributed by atoms with Crippen LogP contribution in [0.4, 0.5) is 10.5 Å². The third kappa shape index (κ3) is 7.06. The molecule has 1 aromatic heterocycles. The molecule has 3 aromatic rings. The summed E-state index contributed by atoms with van der Waals surface area (Å²) in [7, 11) is 0. The number of amides is 2. The van der Waals surface area contributed by atoms with E-state index in [1.807, 2.05) is 51.1 Å². The van der Waals surface area contributed by atoms with E-state index >= 15 is 0 Å². The second kappa shape index (κ2) is 9.94. The lowest BCUT2D eigenvalue weighted by Gasteiger charge is -2.27. The van der Waals surface area contributed by atoms with E-state index in [4.69, 9.17) is 4.74 Å². The molecule has 0 radical (unpaired) electrons. The number of anilines is 1. The van der Waals surface area contributed by atoms with Gasteiger partial charge >= 0.3 is 6.09 Å². The van der Waals surface area contributed by atoms with Crippen LogP contribution in [0, 0.1) is 0 Å². The summed E-state index contributed by atoms with van der Waals surface area (Å²) in [6.07, 6.45) is -0.600. The minimum absolute atomic E-state index is 0.0334. The highest BCUT2D eigenvalue weighted by Crippen LogP contribution is 2.22. The van der Waals surface area contributed by atoms with Gasteiger partial charge in [-0.1, -0.05) is 36.4 Å². The summed E-state index contributed by atoms with van der Waals surface area (Å²) in [5, 5.41) is 19.5. The molecule has 0 unspecified atom stereocenters. The summed E-state index contributed by atoms with van der Waals surface area (Å²) >= 11 is 0. The Morgan fingerprint density at radius 2 is 1.53 bits per heavy atom. The molecule has 3 rings (SSSR count). The van der Waals surface area contributed by atoms with E-state index in [9.17, 15) is 9.59 Å². The van der Waals surface area contributed by atoms with Gasteiger partial charge in [0.05, 0.1) is 6.54 Å². The van der Waals surface area contributed by atoms with Crippen LogP contribution in [0.3, 0.4) is 0 Å². The van der Waals surface area contributed by atoms with Gasteiger partial charge in [-0.2, -0.15) is 0 Å². The maximum Gasteiger partial charge on any atom is 0.415 e. The van der Waals surface area contributed by atoms with Crippen LogP contribution in [0.25, 0.3) is 11.4 Å². The van der Waals surface area contributed by atoms with E-state index in [0.29, 0.717) is 17.1 Å². The molecule has 0 aliphatic heterocycles. The summed E-state index contributed by atoms with van der Waals surface area (Å²) in [6.45, 7) is 11.0. The second-order valence-electron chi connectivity index (χ2n) is 9.83. The molecule has 0 saturated carbocycles. The largest absolute Gasteiger partial charge is 0.443 e. The van der Waals surface area contributed by atoms with Gasteiger partial charge in [-0.3, -0.25) is 9.69 Å². The standard InChI is InChI=1S/C25H30N6O3/c1-24(2,3)26-22(32)18-13-10-14-19(15-18)31(23(33)34-25(4,5)6)16-20-27-29-21(30-28-20)17-11-8-7-9-12-17/h7-15H,16H2,1-6H3,(H,26,32). The van der Waals surface area contributed by atoms with Crippen molar-refractivity contribution in [2.75, 3.05) is 4.90 Å². The highest BCUT2D eigenvalue weighted by molar-refractivity contribution is 5.97. The van der Waals surface area contributed by atoms with Crippen LogP contribution in [0.2, 0.25) is 0 Å². The molecule has 1 heterocycles. The van der Waals surface area contributed by atoms with Crippen molar-refractivity contribution in [3.05, 3.63) is 66.0 Å². The van der Waals surface area contributed by atoms with Crippen molar-refractivity contribution in [2.24, 2.45) is 0 Å². The monoisotopic (exact) mass is 462 g/mol. The number of hydrogen-bond acceptors (Lipinski definition) is 7. The zero-order valence-electron chi connectivity index (χ0n) is 20.4. The first-order valence-corrected chi connectivity index (χ1v) is 11.0. The Morgan fingerprint density at radius 3 is 2.12 bits per heavy atom. The molecule has 0 saturated heterocycles.